The second-order valence-electron chi connectivity index (χ2n) is 10.3. The Hall–Kier alpha value is -1.59. The van der Waals surface area contributed by atoms with Gasteiger partial charge in [0.2, 0.25) is 11.8 Å². The average molecular weight is 444 g/mol. The number of carbonyl (C=O) groups excluding carboxylic acids is 2. The zero-order valence-corrected chi connectivity index (χ0v) is 19.5. The molecule has 5 nitrogen and oxygen atoms in total. The Morgan fingerprint density at radius 3 is 2.61 bits per heavy atom. The summed E-state index contributed by atoms with van der Waals surface area (Å²) < 4.78 is 0. The monoisotopic (exact) mass is 443 g/mol. The van der Waals surface area contributed by atoms with Crippen LogP contribution in [-0.2, 0) is 15.0 Å². The van der Waals surface area contributed by atoms with Crippen LogP contribution < -0.4 is 5.32 Å². The van der Waals surface area contributed by atoms with Crippen molar-refractivity contribution in [1.29, 1.82) is 0 Å². The van der Waals surface area contributed by atoms with E-state index in [0.717, 1.165) is 57.4 Å². The predicted octanol–water partition coefficient (Wildman–Crippen LogP) is 3.60. The van der Waals surface area contributed by atoms with Crippen LogP contribution in [0.3, 0.4) is 0 Å². The van der Waals surface area contributed by atoms with E-state index in [0.29, 0.717) is 17.0 Å². The molecule has 3 aliphatic heterocycles. The first-order valence-corrected chi connectivity index (χ1v) is 12.4. The molecule has 1 saturated carbocycles. The van der Waals surface area contributed by atoms with E-state index in [1.165, 1.54) is 12.8 Å². The van der Waals surface area contributed by atoms with Crippen LogP contribution in [0, 0.1) is 11.8 Å². The van der Waals surface area contributed by atoms with E-state index in [-0.39, 0.29) is 28.7 Å². The van der Waals surface area contributed by atoms with Crippen LogP contribution in [0.2, 0.25) is 5.02 Å². The topological polar surface area (TPSA) is 52.7 Å². The molecule has 4 aliphatic rings. The third-order valence-corrected chi connectivity index (χ3v) is 8.81. The molecule has 0 aromatic heterocycles. The van der Waals surface area contributed by atoms with Crippen molar-refractivity contribution in [2.45, 2.75) is 69.4 Å². The van der Waals surface area contributed by atoms with Gasteiger partial charge in [-0.25, -0.2) is 0 Å². The summed E-state index contributed by atoms with van der Waals surface area (Å²) in [6.45, 7) is 7.88. The zero-order valence-electron chi connectivity index (χ0n) is 18.7. The van der Waals surface area contributed by atoms with Gasteiger partial charge in [0, 0.05) is 48.7 Å². The third kappa shape index (κ3) is 3.48. The highest BCUT2D eigenvalue weighted by Crippen LogP contribution is 2.51. The summed E-state index contributed by atoms with van der Waals surface area (Å²) in [5.74, 6) is 0.964. The van der Waals surface area contributed by atoms with E-state index in [2.05, 4.69) is 24.1 Å². The Morgan fingerprint density at radius 2 is 1.97 bits per heavy atom. The molecular formula is C25H34ClN3O2. The fourth-order valence-electron chi connectivity index (χ4n) is 6.50. The summed E-state index contributed by atoms with van der Waals surface area (Å²) in [7, 11) is 0. The van der Waals surface area contributed by atoms with Crippen molar-refractivity contribution in [3.8, 4) is 0 Å². The highest BCUT2D eigenvalue weighted by atomic mass is 35.5. The van der Waals surface area contributed by atoms with Crippen molar-refractivity contribution >= 4 is 23.4 Å². The van der Waals surface area contributed by atoms with Crippen LogP contribution in [0.5, 0.6) is 0 Å². The summed E-state index contributed by atoms with van der Waals surface area (Å²) in [6.07, 6.45) is 5.90. The summed E-state index contributed by atoms with van der Waals surface area (Å²) in [4.78, 5) is 30.9. The van der Waals surface area contributed by atoms with Gasteiger partial charge in [-0.05, 0) is 56.7 Å². The highest BCUT2D eigenvalue weighted by Gasteiger charge is 2.59. The molecule has 0 radical (unpaired) electrons. The van der Waals surface area contributed by atoms with Crippen LogP contribution in [0.15, 0.2) is 24.3 Å². The minimum absolute atomic E-state index is 0.114. The standard InChI is InChI=1S/C25H34ClN3O2/c1-3-5-17(2)29-15-20-21(16-29)25(27-22(20)30)10-12-28(13-11-25)23(31)24(8-9-24)18-6-4-7-19(26)14-18/h4,6-7,14,17,20-21H,3,5,8-13,15-16H2,1-2H3,(H,27,30)/t17-,20-,21+/m1/s1. The third-order valence-electron chi connectivity index (χ3n) is 8.58. The molecule has 1 aliphatic carbocycles. The number of benzene rings is 1. The molecule has 168 valence electrons. The molecule has 1 aromatic carbocycles. The molecule has 0 unspecified atom stereocenters. The lowest BCUT2D eigenvalue weighted by Crippen LogP contribution is -2.57. The minimum atomic E-state index is -0.378. The molecule has 1 spiro atoms. The summed E-state index contributed by atoms with van der Waals surface area (Å²) in [6, 6.07) is 8.32. The van der Waals surface area contributed by atoms with Crippen molar-refractivity contribution in [1.82, 2.24) is 15.1 Å². The maximum Gasteiger partial charge on any atom is 0.233 e. The largest absolute Gasteiger partial charge is 0.350 e. The number of carbonyl (C=O) groups is 2. The van der Waals surface area contributed by atoms with E-state index in [1.54, 1.807) is 0 Å². The van der Waals surface area contributed by atoms with Crippen LogP contribution in [0.1, 0.15) is 57.9 Å². The number of piperidine rings is 1. The number of fused-ring (bicyclic) bond motifs is 2. The number of amides is 2. The van der Waals surface area contributed by atoms with Crippen molar-refractivity contribution in [3.05, 3.63) is 34.9 Å². The van der Waals surface area contributed by atoms with Crippen LogP contribution in [0.25, 0.3) is 0 Å². The molecule has 4 fully saturated rings. The van der Waals surface area contributed by atoms with Crippen molar-refractivity contribution in [2.75, 3.05) is 26.2 Å². The summed E-state index contributed by atoms with van der Waals surface area (Å²) in [5.41, 5.74) is 0.540. The Morgan fingerprint density at radius 1 is 1.23 bits per heavy atom. The van der Waals surface area contributed by atoms with Gasteiger partial charge >= 0.3 is 0 Å². The second kappa shape index (κ2) is 7.77. The van der Waals surface area contributed by atoms with Gasteiger partial charge in [0.25, 0.3) is 0 Å². The van der Waals surface area contributed by atoms with Crippen molar-refractivity contribution < 1.29 is 9.59 Å². The number of likely N-dealkylation sites (tertiary alicyclic amines) is 2. The molecule has 0 bridgehead atoms. The first-order chi connectivity index (χ1) is 14.9. The average Bonchev–Trinajstić information content (AvgIpc) is 3.37. The van der Waals surface area contributed by atoms with Crippen LogP contribution >= 0.6 is 11.6 Å². The maximum atomic E-state index is 13.5. The number of hydrogen-bond acceptors (Lipinski definition) is 3. The smallest absolute Gasteiger partial charge is 0.233 e. The SMILES string of the molecule is CCC[C@@H](C)N1C[C@H]2C(=O)NC3(CCN(C(=O)C4(c5cccc(Cl)c5)CC4)CC3)[C@H]2C1. The Bertz CT molecular complexity index is 875. The van der Waals surface area contributed by atoms with Crippen LogP contribution in [-0.4, -0.2) is 59.4 Å². The first-order valence-electron chi connectivity index (χ1n) is 12.0. The fourth-order valence-corrected chi connectivity index (χ4v) is 6.69. The molecule has 3 heterocycles. The van der Waals surface area contributed by atoms with Gasteiger partial charge in [0.15, 0.2) is 0 Å². The maximum absolute atomic E-state index is 13.5. The van der Waals surface area contributed by atoms with E-state index < -0.39 is 0 Å². The second-order valence-corrected chi connectivity index (χ2v) is 10.8. The quantitative estimate of drug-likeness (QED) is 0.756. The number of hydrogen-bond donors (Lipinski definition) is 1. The summed E-state index contributed by atoms with van der Waals surface area (Å²) in [5, 5.41) is 4.09. The lowest BCUT2D eigenvalue weighted by atomic mass is 9.75. The highest BCUT2D eigenvalue weighted by molar-refractivity contribution is 6.30. The van der Waals surface area contributed by atoms with E-state index in [1.807, 2.05) is 29.2 Å². The molecule has 1 aromatic rings. The molecule has 3 atom stereocenters. The Balaban J connectivity index is 1.27. The lowest BCUT2D eigenvalue weighted by Gasteiger charge is -2.44. The first kappa shape index (κ1) is 21.3. The van der Waals surface area contributed by atoms with Gasteiger partial charge in [-0.1, -0.05) is 37.1 Å². The predicted molar refractivity (Wildman–Crippen MR) is 122 cm³/mol. The fraction of sp³-hybridized carbons (Fsp3) is 0.680. The Labute approximate surface area is 190 Å². The molecule has 2 amide bonds. The van der Waals surface area contributed by atoms with Gasteiger partial charge in [-0.2, -0.15) is 0 Å². The van der Waals surface area contributed by atoms with E-state index >= 15 is 0 Å². The number of halogens is 1. The normalized spacial score (nSPS) is 29.6. The summed E-state index contributed by atoms with van der Waals surface area (Å²) >= 11 is 6.20. The molecule has 6 heteroatoms. The minimum Gasteiger partial charge on any atom is -0.350 e. The van der Waals surface area contributed by atoms with Crippen molar-refractivity contribution in [2.24, 2.45) is 11.8 Å². The van der Waals surface area contributed by atoms with Gasteiger partial charge in [-0.15, -0.1) is 0 Å². The number of nitrogens with zero attached hydrogens (tertiary/aromatic N) is 2. The molecule has 5 rings (SSSR count). The van der Waals surface area contributed by atoms with Gasteiger partial charge in [-0.3, -0.25) is 14.5 Å². The van der Waals surface area contributed by atoms with Gasteiger partial charge < -0.3 is 10.2 Å². The van der Waals surface area contributed by atoms with Crippen molar-refractivity contribution in [3.63, 3.8) is 0 Å². The van der Waals surface area contributed by atoms with E-state index in [9.17, 15) is 9.59 Å². The zero-order chi connectivity index (χ0) is 21.8. The van der Waals surface area contributed by atoms with Gasteiger partial charge in [0.1, 0.15) is 0 Å². The molecular weight excluding hydrogens is 410 g/mol. The van der Waals surface area contributed by atoms with Crippen LogP contribution in [0.4, 0.5) is 0 Å². The molecule has 1 N–H and O–H groups in total. The number of rotatable bonds is 5. The Kier molecular flexibility index (Phi) is 5.33. The van der Waals surface area contributed by atoms with E-state index in [4.69, 9.17) is 11.6 Å². The lowest BCUT2D eigenvalue weighted by molar-refractivity contribution is -0.136. The number of nitrogens with one attached hydrogen (secondary N) is 1. The molecule has 3 saturated heterocycles. The van der Waals surface area contributed by atoms with Gasteiger partial charge in [0.05, 0.1) is 11.3 Å². The molecule has 31 heavy (non-hydrogen) atoms.